The summed E-state index contributed by atoms with van der Waals surface area (Å²) in [6.07, 6.45) is 0.669. The van der Waals surface area contributed by atoms with Crippen LogP contribution in [0.5, 0.6) is 11.5 Å². The summed E-state index contributed by atoms with van der Waals surface area (Å²) in [5, 5.41) is 4.09. The molecule has 120 valence electrons. The zero-order valence-electron chi connectivity index (χ0n) is 12.4. The van der Waals surface area contributed by atoms with Gasteiger partial charge in [-0.2, -0.15) is 0 Å². The number of carbonyl (C=O) groups excluding carboxylic acids is 1. The Morgan fingerprint density at radius 1 is 1.22 bits per heavy atom. The molecule has 1 unspecified atom stereocenters. The van der Waals surface area contributed by atoms with Gasteiger partial charge in [-0.3, -0.25) is 4.79 Å². The standard InChI is InChI=1S/C17H15Cl2NO3/c1-22-15-4-2-11(19)9-13(15)17(21)20-14-6-7-23-16-5-3-10(18)8-12(14)16/h2-5,8-9,14H,6-7H2,1H3,(H,20,21). The number of hydrogen-bond donors (Lipinski definition) is 1. The quantitative estimate of drug-likeness (QED) is 0.898. The minimum Gasteiger partial charge on any atom is -0.496 e. The predicted octanol–water partition coefficient (Wildman–Crippen LogP) is 4.26. The molecule has 1 aliphatic rings. The summed E-state index contributed by atoms with van der Waals surface area (Å²) in [7, 11) is 1.52. The molecule has 23 heavy (non-hydrogen) atoms. The van der Waals surface area contributed by atoms with Gasteiger partial charge < -0.3 is 14.8 Å². The van der Waals surface area contributed by atoms with Crippen molar-refractivity contribution in [1.82, 2.24) is 5.32 Å². The Morgan fingerprint density at radius 3 is 2.74 bits per heavy atom. The van der Waals surface area contributed by atoms with Crippen LogP contribution >= 0.6 is 23.2 Å². The third kappa shape index (κ3) is 3.38. The van der Waals surface area contributed by atoms with E-state index in [9.17, 15) is 4.79 Å². The first-order valence-corrected chi connectivity index (χ1v) is 7.90. The average molecular weight is 352 g/mol. The molecule has 1 amide bonds. The number of nitrogens with one attached hydrogen (secondary N) is 1. The molecule has 0 radical (unpaired) electrons. The summed E-state index contributed by atoms with van der Waals surface area (Å²) in [4.78, 5) is 12.6. The SMILES string of the molecule is COc1ccc(Cl)cc1C(=O)NC1CCOc2ccc(Cl)cc21. The van der Waals surface area contributed by atoms with E-state index < -0.39 is 0 Å². The number of fused-ring (bicyclic) bond motifs is 1. The first kappa shape index (κ1) is 16.0. The molecule has 1 aliphatic heterocycles. The lowest BCUT2D eigenvalue weighted by Gasteiger charge is -2.27. The van der Waals surface area contributed by atoms with E-state index in [0.29, 0.717) is 34.4 Å². The van der Waals surface area contributed by atoms with Gasteiger partial charge in [0, 0.05) is 22.0 Å². The van der Waals surface area contributed by atoms with Crippen LogP contribution < -0.4 is 14.8 Å². The van der Waals surface area contributed by atoms with Crippen molar-refractivity contribution in [2.75, 3.05) is 13.7 Å². The number of amides is 1. The monoisotopic (exact) mass is 351 g/mol. The van der Waals surface area contributed by atoms with Crippen LogP contribution in [0, 0.1) is 0 Å². The van der Waals surface area contributed by atoms with Crippen molar-refractivity contribution in [1.29, 1.82) is 0 Å². The molecule has 0 bridgehead atoms. The maximum atomic E-state index is 12.6. The molecule has 0 saturated heterocycles. The first-order valence-electron chi connectivity index (χ1n) is 7.15. The summed E-state index contributed by atoms with van der Waals surface area (Å²) in [6, 6.07) is 10.2. The molecule has 0 saturated carbocycles. The van der Waals surface area contributed by atoms with E-state index in [2.05, 4.69) is 5.32 Å². The van der Waals surface area contributed by atoms with Crippen molar-refractivity contribution >= 4 is 29.1 Å². The highest BCUT2D eigenvalue weighted by molar-refractivity contribution is 6.31. The molecule has 1 atom stereocenters. The highest BCUT2D eigenvalue weighted by Gasteiger charge is 2.25. The molecule has 0 fully saturated rings. The largest absolute Gasteiger partial charge is 0.496 e. The Hall–Kier alpha value is -1.91. The maximum absolute atomic E-state index is 12.6. The van der Waals surface area contributed by atoms with Crippen LogP contribution in [-0.2, 0) is 0 Å². The normalized spacial score (nSPS) is 16.2. The van der Waals surface area contributed by atoms with Gasteiger partial charge in [-0.15, -0.1) is 0 Å². The van der Waals surface area contributed by atoms with Crippen LogP contribution in [-0.4, -0.2) is 19.6 Å². The zero-order valence-corrected chi connectivity index (χ0v) is 13.9. The first-order chi connectivity index (χ1) is 11.1. The third-order valence-corrected chi connectivity index (χ3v) is 4.19. The van der Waals surface area contributed by atoms with Crippen molar-refractivity contribution in [3.8, 4) is 11.5 Å². The Labute approximate surface area is 144 Å². The van der Waals surface area contributed by atoms with Crippen LogP contribution in [0.25, 0.3) is 0 Å². The Morgan fingerprint density at radius 2 is 1.96 bits per heavy atom. The van der Waals surface area contributed by atoms with Gasteiger partial charge in [0.1, 0.15) is 11.5 Å². The van der Waals surface area contributed by atoms with Crippen molar-refractivity contribution in [3.05, 3.63) is 57.6 Å². The number of carbonyl (C=O) groups is 1. The average Bonchev–Trinajstić information content (AvgIpc) is 2.55. The van der Waals surface area contributed by atoms with Gasteiger partial charge in [0.2, 0.25) is 0 Å². The Balaban J connectivity index is 1.87. The summed E-state index contributed by atoms with van der Waals surface area (Å²) >= 11 is 12.0. The fourth-order valence-corrected chi connectivity index (χ4v) is 2.96. The van der Waals surface area contributed by atoms with E-state index in [-0.39, 0.29) is 11.9 Å². The van der Waals surface area contributed by atoms with Crippen molar-refractivity contribution < 1.29 is 14.3 Å². The van der Waals surface area contributed by atoms with E-state index in [0.717, 1.165) is 11.3 Å². The van der Waals surface area contributed by atoms with Crippen LogP contribution in [0.4, 0.5) is 0 Å². The molecule has 1 N–H and O–H groups in total. The van der Waals surface area contributed by atoms with Gasteiger partial charge in [-0.25, -0.2) is 0 Å². The summed E-state index contributed by atoms with van der Waals surface area (Å²) in [5.74, 6) is 0.969. The smallest absolute Gasteiger partial charge is 0.255 e. The fourth-order valence-electron chi connectivity index (χ4n) is 2.61. The van der Waals surface area contributed by atoms with Gasteiger partial charge >= 0.3 is 0 Å². The maximum Gasteiger partial charge on any atom is 0.255 e. The van der Waals surface area contributed by atoms with Crippen LogP contribution in [0.3, 0.4) is 0 Å². The summed E-state index contributed by atoms with van der Waals surface area (Å²) < 4.78 is 10.8. The number of rotatable bonds is 3. The predicted molar refractivity (Wildman–Crippen MR) is 89.8 cm³/mol. The lowest BCUT2D eigenvalue weighted by Crippen LogP contribution is -2.32. The molecule has 0 aromatic heterocycles. The van der Waals surface area contributed by atoms with E-state index >= 15 is 0 Å². The van der Waals surface area contributed by atoms with E-state index in [1.54, 1.807) is 24.3 Å². The van der Waals surface area contributed by atoms with Crippen molar-refractivity contribution in [2.24, 2.45) is 0 Å². The highest BCUT2D eigenvalue weighted by atomic mass is 35.5. The minimum absolute atomic E-state index is 0.173. The number of hydrogen-bond acceptors (Lipinski definition) is 3. The van der Waals surface area contributed by atoms with Gasteiger partial charge in [0.15, 0.2) is 0 Å². The van der Waals surface area contributed by atoms with Crippen molar-refractivity contribution in [3.63, 3.8) is 0 Å². The second-order valence-corrected chi connectivity index (χ2v) is 6.06. The summed E-state index contributed by atoms with van der Waals surface area (Å²) in [6.45, 7) is 0.534. The number of halogens is 2. The van der Waals surface area contributed by atoms with E-state index in [1.165, 1.54) is 7.11 Å². The molecular formula is C17H15Cl2NO3. The molecule has 0 aliphatic carbocycles. The van der Waals surface area contributed by atoms with Gasteiger partial charge in [0.25, 0.3) is 5.91 Å². The lowest BCUT2D eigenvalue weighted by atomic mass is 10.00. The molecule has 2 aromatic rings. The summed E-state index contributed by atoms with van der Waals surface area (Å²) in [5.41, 5.74) is 1.27. The number of benzene rings is 2. The third-order valence-electron chi connectivity index (χ3n) is 3.72. The van der Waals surface area contributed by atoms with Crippen LogP contribution in [0.1, 0.15) is 28.4 Å². The molecule has 3 rings (SSSR count). The van der Waals surface area contributed by atoms with Crippen molar-refractivity contribution in [2.45, 2.75) is 12.5 Å². The molecule has 0 spiro atoms. The van der Waals surface area contributed by atoms with Crippen LogP contribution in [0.2, 0.25) is 10.0 Å². The topological polar surface area (TPSA) is 47.6 Å². The second-order valence-electron chi connectivity index (χ2n) is 5.19. The zero-order chi connectivity index (χ0) is 16.4. The highest BCUT2D eigenvalue weighted by Crippen LogP contribution is 2.34. The van der Waals surface area contributed by atoms with Crippen LogP contribution in [0.15, 0.2) is 36.4 Å². The fraction of sp³-hybridized carbons (Fsp3) is 0.235. The Kier molecular flexibility index (Phi) is 4.64. The van der Waals surface area contributed by atoms with Gasteiger partial charge in [0.05, 0.1) is 25.3 Å². The van der Waals surface area contributed by atoms with E-state index in [1.807, 2.05) is 12.1 Å². The van der Waals surface area contributed by atoms with E-state index in [4.69, 9.17) is 32.7 Å². The Bertz CT molecular complexity index is 749. The molecule has 2 aromatic carbocycles. The molecular weight excluding hydrogens is 337 g/mol. The lowest BCUT2D eigenvalue weighted by molar-refractivity contribution is 0.0921. The number of methoxy groups -OCH3 is 1. The second kappa shape index (κ2) is 6.69. The van der Waals surface area contributed by atoms with Gasteiger partial charge in [-0.1, -0.05) is 23.2 Å². The minimum atomic E-state index is -0.248. The molecule has 4 nitrogen and oxygen atoms in total. The molecule has 1 heterocycles. The number of ether oxygens (including phenoxy) is 2. The van der Waals surface area contributed by atoms with Gasteiger partial charge in [-0.05, 0) is 36.4 Å². The molecule has 6 heteroatoms.